The molecule has 6 nitrogen and oxygen atoms in total. The molecule has 1 aromatic carbocycles. The van der Waals surface area contributed by atoms with E-state index in [0.29, 0.717) is 25.6 Å². The van der Waals surface area contributed by atoms with Crippen LogP contribution in [0.2, 0.25) is 0 Å². The third-order valence-electron chi connectivity index (χ3n) is 5.20. The summed E-state index contributed by atoms with van der Waals surface area (Å²) in [7, 11) is 0. The predicted octanol–water partition coefficient (Wildman–Crippen LogP) is 2.85. The monoisotopic (exact) mass is 354 g/mol. The van der Waals surface area contributed by atoms with Gasteiger partial charge in [-0.25, -0.2) is 4.68 Å². The van der Waals surface area contributed by atoms with Gasteiger partial charge in [0.25, 0.3) is 0 Å². The van der Waals surface area contributed by atoms with Crippen LogP contribution in [-0.4, -0.2) is 41.5 Å². The normalized spacial score (nSPS) is 21.0. The average molecular weight is 354 g/mol. The second-order valence-corrected chi connectivity index (χ2v) is 7.16. The first-order valence-electron chi connectivity index (χ1n) is 9.56. The summed E-state index contributed by atoms with van der Waals surface area (Å²) in [5, 5.41) is 11.2. The van der Waals surface area contributed by atoms with E-state index in [1.807, 2.05) is 41.1 Å². The lowest BCUT2D eigenvalue weighted by molar-refractivity contribution is -0.117. The number of hydrogen-bond donors (Lipinski definition) is 2. The highest BCUT2D eigenvalue weighted by Crippen LogP contribution is 2.35. The number of aromatic nitrogens is 2. The van der Waals surface area contributed by atoms with Gasteiger partial charge in [0.05, 0.1) is 24.6 Å². The number of hydrogen-bond acceptors (Lipinski definition) is 4. The summed E-state index contributed by atoms with van der Waals surface area (Å²) >= 11 is 0. The number of morpholine rings is 1. The minimum Gasteiger partial charge on any atom is -0.378 e. The summed E-state index contributed by atoms with van der Waals surface area (Å²) in [5.41, 5.74) is 2.05. The van der Waals surface area contributed by atoms with E-state index >= 15 is 0 Å². The van der Waals surface area contributed by atoms with Crippen LogP contribution in [0.3, 0.4) is 0 Å². The molecule has 1 saturated heterocycles. The lowest BCUT2D eigenvalue weighted by Crippen LogP contribution is -2.43. The molecule has 1 aromatic heterocycles. The zero-order valence-corrected chi connectivity index (χ0v) is 15.0. The molecule has 4 rings (SSSR count). The molecule has 1 aliphatic heterocycles. The van der Waals surface area contributed by atoms with Crippen LogP contribution in [0.25, 0.3) is 5.69 Å². The smallest absolute Gasteiger partial charge is 0.227 e. The van der Waals surface area contributed by atoms with E-state index < -0.39 is 0 Å². The number of carbonyl (C=O) groups excluding carboxylic acids is 1. The maximum absolute atomic E-state index is 12.5. The molecule has 138 valence electrons. The summed E-state index contributed by atoms with van der Waals surface area (Å²) in [6, 6.07) is 12.1. The molecule has 2 N–H and O–H groups in total. The van der Waals surface area contributed by atoms with Gasteiger partial charge in [0.1, 0.15) is 5.82 Å². The van der Waals surface area contributed by atoms with E-state index in [1.165, 1.54) is 25.7 Å². The molecule has 6 heteroatoms. The Morgan fingerprint density at radius 1 is 1.27 bits per heavy atom. The molecule has 2 aromatic rings. The first-order chi connectivity index (χ1) is 12.8. The van der Waals surface area contributed by atoms with Crippen molar-refractivity contribution in [3.05, 3.63) is 42.1 Å². The molecule has 1 aliphatic carbocycles. The summed E-state index contributed by atoms with van der Waals surface area (Å²) in [5.74, 6) is 1.24. The fraction of sp³-hybridized carbons (Fsp3) is 0.500. The summed E-state index contributed by atoms with van der Waals surface area (Å²) in [6.45, 7) is 2.09. The van der Waals surface area contributed by atoms with Crippen molar-refractivity contribution >= 4 is 11.7 Å². The second kappa shape index (κ2) is 8.01. The van der Waals surface area contributed by atoms with E-state index in [9.17, 15) is 4.79 Å². The quantitative estimate of drug-likeness (QED) is 0.866. The van der Waals surface area contributed by atoms with Gasteiger partial charge in [0.2, 0.25) is 5.91 Å². The summed E-state index contributed by atoms with van der Waals surface area (Å²) < 4.78 is 7.30. The van der Waals surface area contributed by atoms with Gasteiger partial charge in [0.15, 0.2) is 0 Å². The van der Waals surface area contributed by atoms with Crippen molar-refractivity contribution in [2.75, 3.05) is 25.1 Å². The molecule has 0 bridgehead atoms. The van der Waals surface area contributed by atoms with Crippen LogP contribution in [0, 0.1) is 0 Å². The van der Waals surface area contributed by atoms with Crippen molar-refractivity contribution in [1.82, 2.24) is 15.1 Å². The van der Waals surface area contributed by atoms with E-state index in [4.69, 9.17) is 9.84 Å². The van der Waals surface area contributed by atoms with Crippen LogP contribution in [0.15, 0.2) is 36.4 Å². The minimum absolute atomic E-state index is 0.0111. The zero-order chi connectivity index (χ0) is 17.8. The van der Waals surface area contributed by atoms with Gasteiger partial charge in [-0.1, -0.05) is 31.0 Å². The Hall–Kier alpha value is -2.18. The van der Waals surface area contributed by atoms with E-state index in [-0.39, 0.29) is 11.9 Å². The van der Waals surface area contributed by atoms with Crippen LogP contribution in [0.4, 0.5) is 5.82 Å². The summed E-state index contributed by atoms with van der Waals surface area (Å²) in [6.07, 6.45) is 5.29. The highest BCUT2D eigenvalue weighted by molar-refractivity contribution is 5.90. The van der Waals surface area contributed by atoms with Gasteiger partial charge < -0.3 is 15.4 Å². The van der Waals surface area contributed by atoms with Gasteiger partial charge >= 0.3 is 0 Å². The van der Waals surface area contributed by atoms with Gasteiger partial charge in [0, 0.05) is 31.0 Å². The maximum atomic E-state index is 12.5. The number of nitrogens with zero attached hydrogens (tertiary/aromatic N) is 2. The Morgan fingerprint density at radius 3 is 2.81 bits per heavy atom. The molecular formula is C20H26N4O2. The van der Waals surface area contributed by atoms with Crippen LogP contribution in [0.1, 0.15) is 43.7 Å². The van der Waals surface area contributed by atoms with Crippen molar-refractivity contribution in [3.63, 3.8) is 0 Å². The van der Waals surface area contributed by atoms with Crippen LogP contribution in [-0.2, 0) is 9.53 Å². The first-order valence-corrected chi connectivity index (χ1v) is 9.56. The topological polar surface area (TPSA) is 68.2 Å². The Balaban J connectivity index is 1.53. The molecule has 1 saturated carbocycles. The Labute approximate surface area is 153 Å². The maximum Gasteiger partial charge on any atom is 0.227 e. The predicted molar refractivity (Wildman–Crippen MR) is 101 cm³/mol. The third-order valence-corrected chi connectivity index (χ3v) is 5.20. The number of amides is 1. The highest BCUT2D eigenvalue weighted by Gasteiger charge is 2.23. The molecule has 0 radical (unpaired) electrons. The highest BCUT2D eigenvalue weighted by atomic mass is 16.5. The Bertz CT molecular complexity index is 732. The molecule has 2 heterocycles. The van der Waals surface area contributed by atoms with Crippen molar-refractivity contribution in [2.24, 2.45) is 0 Å². The number of nitrogens with one attached hydrogen (secondary N) is 2. The van der Waals surface area contributed by atoms with Gasteiger partial charge in [-0.15, -0.1) is 0 Å². The van der Waals surface area contributed by atoms with Crippen molar-refractivity contribution in [2.45, 2.75) is 44.1 Å². The molecular weight excluding hydrogens is 328 g/mol. The van der Waals surface area contributed by atoms with E-state index in [2.05, 4.69) is 10.6 Å². The van der Waals surface area contributed by atoms with Crippen molar-refractivity contribution in [1.29, 1.82) is 0 Å². The molecule has 2 fully saturated rings. The number of anilines is 1. The molecule has 1 unspecified atom stereocenters. The standard InChI is InChI=1S/C20H26N4O2/c25-20(12-16-14-26-11-10-21-16)22-19-13-18(15-6-4-5-7-15)23-24(19)17-8-2-1-3-9-17/h1-3,8-9,13,15-16,21H,4-7,10-12,14H2,(H,22,25). The van der Waals surface area contributed by atoms with E-state index in [1.54, 1.807) is 0 Å². The fourth-order valence-electron chi connectivity index (χ4n) is 3.84. The largest absolute Gasteiger partial charge is 0.378 e. The van der Waals surface area contributed by atoms with Gasteiger partial charge in [-0.2, -0.15) is 5.10 Å². The molecule has 1 amide bonds. The van der Waals surface area contributed by atoms with Crippen molar-refractivity contribution < 1.29 is 9.53 Å². The summed E-state index contributed by atoms with van der Waals surface area (Å²) in [4.78, 5) is 12.5. The number of para-hydroxylation sites is 1. The number of benzene rings is 1. The van der Waals surface area contributed by atoms with Crippen LogP contribution in [0.5, 0.6) is 0 Å². The Kier molecular flexibility index (Phi) is 5.32. The Morgan fingerprint density at radius 2 is 2.08 bits per heavy atom. The SMILES string of the molecule is O=C(CC1COCCN1)Nc1cc(C2CCCC2)nn1-c1ccccc1. The van der Waals surface area contributed by atoms with Crippen molar-refractivity contribution in [3.8, 4) is 5.69 Å². The molecule has 26 heavy (non-hydrogen) atoms. The fourth-order valence-corrected chi connectivity index (χ4v) is 3.84. The van der Waals surface area contributed by atoms with Crippen LogP contribution >= 0.6 is 0 Å². The molecule has 1 atom stereocenters. The number of rotatable bonds is 5. The number of ether oxygens (including phenoxy) is 1. The minimum atomic E-state index is -0.0111. The van der Waals surface area contributed by atoms with E-state index in [0.717, 1.165) is 23.7 Å². The first kappa shape index (κ1) is 17.2. The third kappa shape index (κ3) is 3.97. The molecule has 2 aliphatic rings. The van der Waals surface area contributed by atoms with Gasteiger partial charge in [-0.3, -0.25) is 4.79 Å². The van der Waals surface area contributed by atoms with Crippen LogP contribution < -0.4 is 10.6 Å². The lowest BCUT2D eigenvalue weighted by Gasteiger charge is -2.23. The lowest BCUT2D eigenvalue weighted by atomic mass is 10.0. The molecule has 0 spiro atoms. The van der Waals surface area contributed by atoms with Gasteiger partial charge in [-0.05, 0) is 25.0 Å². The second-order valence-electron chi connectivity index (χ2n) is 7.16. The zero-order valence-electron chi connectivity index (χ0n) is 15.0. The number of carbonyl (C=O) groups is 1. The average Bonchev–Trinajstić information content (AvgIpc) is 3.33.